The number of carbonyl (C=O) groups excluding carboxylic acids is 6. The third-order valence-electron chi connectivity index (χ3n) is 9.68. The number of fused-ring (bicyclic) bond motifs is 18. The van der Waals surface area contributed by atoms with E-state index in [2.05, 4.69) is 41.6 Å². The summed E-state index contributed by atoms with van der Waals surface area (Å²) in [6.07, 6.45) is 0.00754. The summed E-state index contributed by atoms with van der Waals surface area (Å²) >= 11 is 1.08. The van der Waals surface area contributed by atoms with Gasteiger partial charge in [-0.2, -0.15) is 0 Å². The van der Waals surface area contributed by atoms with Crippen molar-refractivity contribution in [3.05, 3.63) is 23.0 Å². The van der Waals surface area contributed by atoms with Crippen LogP contribution in [0.15, 0.2) is 24.8 Å². The number of aliphatic imine (C=N–C) groups is 3. The number of Topliss-reactive ketones (excluding diaryl/α,β-unsaturated/α-hetero) is 2. The topological polar surface area (TPSA) is 356 Å². The zero-order valence-corrected chi connectivity index (χ0v) is 37.5. The van der Waals surface area contributed by atoms with Crippen LogP contribution in [0.1, 0.15) is 64.4 Å². The van der Waals surface area contributed by atoms with Crippen LogP contribution in [0.5, 0.6) is 0 Å². The Kier molecular flexibility index (Phi) is 23.1. The number of hydrogen-bond acceptors (Lipinski definition) is 12. The summed E-state index contributed by atoms with van der Waals surface area (Å²) in [5.74, 6) is -11.4. The van der Waals surface area contributed by atoms with Gasteiger partial charge in [0.2, 0.25) is 23.6 Å². The fourth-order valence-electron chi connectivity index (χ4n) is 6.02. The molecule has 0 saturated heterocycles. The molecule has 63 heavy (non-hydrogen) atoms. The largest absolute Gasteiger partial charge is 0.370 e. The molecule has 2 aliphatic rings. The lowest BCUT2D eigenvalue weighted by Gasteiger charge is -2.26. The lowest BCUT2D eigenvalue weighted by Crippen LogP contribution is -2.58. The Morgan fingerprint density at radius 1 is 0.714 bits per heavy atom. The molecule has 5 unspecified atom stereocenters. The third-order valence-corrected chi connectivity index (χ3v) is 12.1. The van der Waals surface area contributed by atoms with Crippen molar-refractivity contribution in [2.24, 2.45) is 61.2 Å². The van der Waals surface area contributed by atoms with Gasteiger partial charge in [0.05, 0.1) is 22.4 Å². The predicted octanol–water partition coefficient (Wildman–Crippen LogP) is -1.27. The smallest absolute Gasteiger partial charge is 0.243 e. The van der Waals surface area contributed by atoms with Crippen LogP contribution in [0.3, 0.4) is 0 Å². The summed E-state index contributed by atoms with van der Waals surface area (Å²) in [6, 6.07) is -5.39. The van der Waals surface area contributed by atoms with E-state index in [-0.39, 0.29) is 99.6 Å². The summed E-state index contributed by atoms with van der Waals surface area (Å²) in [7, 11) is 1.45. The minimum absolute atomic E-state index is 0.0126. The molecule has 5 atom stereocenters. The maximum absolute atomic E-state index is 16.0. The summed E-state index contributed by atoms with van der Waals surface area (Å²) in [4.78, 5) is 92.7. The van der Waals surface area contributed by atoms with E-state index in [4.69, 9.17) is 34.4 Å². The monoisotopic (exact) mass is 930 g/mol. The standard InChI is InChI=1S/C38H61F3N14O6S2/c1-18(2)26(57)15-52-33(59)24-17-63-31-27(39)19(3)30(28(40)29(31)41)62-16-23(48-4)25(56)14-20(8-5-11-49-36(42)43)32(58)53-21(9-6-12-50-37(44)45)34(60)54-22(35(61)55-24)10-7-13-51-38(46)47/h18,20-24,48H,5-17H2,1-4H3,(H,52,59)(H,53,58)(H,54,60)(H,55,61)(H4,42,43,49)(H4,44,45,50)(H4,46,47,51). The van der Waals surface area contributed by atoms with Gasteiger partial charge in [0.25, 0.3) is 0 Å². The Labute approximate surface area is 372 Å². The van der Waals surface area contributed by atoms with Gasteiger partial charge in [-0.25, -0.2) is 13.2 Å². The van der Waals surface area contributed by atoms with E-state index in [0.717, 1.165) is 0 Å². The average molecular weight is 931 g/mol. The van der Waals surface area contributed by atoms with Crippen molar-refractivity contribution < 1.29 is 41.9 Å². The van der Waals surface area contributed by atoms with Crippen LogP contribution in [0.4, 0.5) is 13.2 Å². The number of nitrogens with two attached hydrogens (primary N) is 6. The van der Waals surface area contributed by atoms with E-state index in [1.54, 1.807) is 13.8 Å². The lowest BCUT2D eigenvalue weighted by atomic mass is 9.93. The van der Waals surface area contributed by atoms with Crippen LogP contribution in [0.25, 0.3) is 0 Å². The van der Waals surface area contributed by atoms with Crippen molar-refractivity contribution in [2.45, 2.75) is 99.7 Å². The zero-order valence-electron chi connectivity index (χ0n) is 35.9. The first-order valence-electron chi connectivity index (χ1n) is 20.2. The van der Waals surface area contributed by atoms with Crippen LogP contribution in [-0.4, -0.2) is 122 Å². The molecule has 352 valence electrons. The first kappa shape index (κ1) is 53.8. The number of carbonyl (C=O) groups is 6. The molecule has 0 aromatic heterocycles. The van der Waals surface area contributed by atoms with E-state index < -0.39 is 105 Å². The van der Waals surface area contributed by atoms with Crippen LogP contribution >= 0.6 is 23.5 Å². The van der Waals surface area contributed by atoms with Crippen molar-refractivity contribution in [2.75, 3.05) is 44.7 Å². The number of amides is 4. The Morgan fingerprint density at radius 3 is 1.70 bits per heavy atom. The molecule has 2 aliphatic heterocycles. The maximum atomic E-state index is 16.0. The fraction of sp³-hybridized carbons (Fsp3) is 0.605. The second kappa shape index (κ2) is 27.0. The van der Waals surface area contributed by atoms with Gasteiger partial charge < -0.3 is 61.0 Å². The minimum atomic E-state index is -1.60. The molecular formula is C38H61F3N14O6S2. The van der Waals surface area contributed by atoms with Crippen LogP contribution < -0.4 is 61.0 Å². The van der Waals surface area contributed by atoms with Crippen LogP contribution in [0.2, 0.25) is 0 Å². The molecule has 0 radical (unpaired) electrons. The minimum Gasteiger partial charge on any atom is -0.370 e. The number of thioether (sulfide) groups is 2. The normalized spacial score (nSPS) is 20.4. The molecule has 0 aliphatic carbocycles. The van der Waals surface area contributed by atoms with Gasteiger partial charge in [0.15, 0.2) is 41.1 Å². The molecule has 3 rings (SSSR count). The van der Waals surface area contributed by atoms with Gasteiger partial charge in [0, 0.05) is 55.0 Å². The van der Waals surface area contributed by atoms with E-state index >= 15 is 13.2 Å². The Balaban J connectivity index is 2.77. The highest BCUT2D eigenvalue weighted by Crippen LogP contribution is 2.37. The van der Waals surface area contributed by atoms with Gasteiger partial charge in [-0.3, -0.25) is 43.7 Å². The number of rotatable bonds is 17. The summed E-state index contributed by atoms with van der Waals surface area (Å²) < 4.78 is 47.5. The highest BCUT2D eigenvalue weighted by molar-refractivity contribution is 7.99. The molecular weight excluding hydrogens is 870 g/mol. The molecule has 17 N–H and O–H groups in total. The number of likely N-dealkylation sites (N-methyl/N-ethyl adjacent to an activating group) is 1. The number of hydrogen-bond donors (Lipinski definition) is 11. The van der Waals surface area contributed by atoms with E-state index in [9.17, 15) is 28.8 Å². The predicted molar refractivity (Wildman–Crippen MR) is 237 cm³/mol. The average Bonchev–Trinajstić information content (AvgIpc) is 3.22. The quantitative estimate of drug-likeness (QED) is 0.0285. The van der Waals surface area contributed by atoms with Gasteiger partial charge in [-0.1, -0.05) is 13.8 Å². The molecule has 0 fully saturated rings. The number of ketones is 2. The van der Waals surface area contributed by atoms with Gasteiger partial charge in [-0.05, 0) is 52.5 Å². The summed E-state index contributed by atoms with van der Waals surface area (Å²) in [6.45, 7) is 4.16. The van der Waals surface area contributed by atoms with Gasteiger partial charge >= 0.3 is 0 Å². The Bertz CT molecular complexity index is 1850. The van der Waals surface area contributed by atoms with Crippen LogP contribution in [0, 0.1) is 36.2 Å². The van der Waals surface area contributed by atoms with Crippen molar-refractivity contribution >= 4 is 76.6 Å². The fourth-order valence-corrected chi connectivity index (χ4v) is 8.29. The second-order valence-corrected chi connectivity index (χ2v) is 17.0. The van der Waals surface area contributed by atoms with Crippen molar-refractivity contribution in [1.29, 1.82) is 0 Å². The number of nitrogens with zero attached hydrogens (tertiary/aromatic N) is 3. The molecule has 4 amide bonds. The van der Waals surface area contributed by atoms with Crippen molar-refractivity contribution in [1.82, 2.24) is 26.6 Å². The zero-order chi connectivity index (χ0) is 47.4. The Hall–Kier alpha value is -5.30. The number of nitrogens with one attached hydrogen (secondary N) is 5. The second-order valence-electron chi connectivity index (χ2n) is 14.9. The van der Waals surface area contributed by atoms with Gasteiger partial charge in [-0.15, -0.1) is 23.5 Å². The molecule has 0 saturated carbocycles. The van der Waals surface area contributed by atoms with E-state index in [1.807, 2.05) is 0 Å². The van der Waals surface area contributed by atoms with E-state index in [1.165, 1.54) is 14.0 Å². The highest BCUT2D eigenvalue weighted by Gasteiger charge is 2.34. The lowest BCUT2D eigenvalue weighted by molar-refractivity contribution is -0.135. The molecule has 1 aromatic carbocycles. The third kappa shape index (κ3) is 18.1. The van der Waals surface area contributed by atoms with Crippen molar-refractivity contribution in [3.63, 3.8) is 0 Å². The Morgan fingerprint density at radius 2 is 1.19 bits per heavy atom. The van der Waals surface area contributed by atoms with Crippen LogP contribution in [-0.2, 0) is 28.8 Å². The van der Waals surface area contributed by atoms with Crippen molar-refractivity contribution in [3.8, 4) is 0 Å². The van der Waals surface area contributed by atoms with Gasteiger partial charge in [0.1, 0.15) is 23.9 Å². The first-order chi connectivity index (χ1) is 29.7. The molecule has 25 heteroatoms. The molecule has 2 heterocycles. The maximum Gasteiger partial charge on any atom is 0.243 e. The number of benzene rings is 1. The summed E-state index contributed by atoms with van der Waals surface area (Å²) in [5, 5.41) is 13.1. The van der Waals surface area contributed by atoms with E-state index in [0.29, 0.717) is 23.5 Å². The highest BCUT2D eigenvalue weighted by atomic mass is 32.2. The molecule has 1 aromatic rings. The molecule has 2 bridgehead atoms. The molecule has 20 nitrogen and oxygen atoms in total. The first-order valence-corrected chi connectivity index (χ1v) is 22.2. The molecule has 0 spiro atoms. The number of halogens is 3. The SMILES string of the molecule is CNC1CSc2c(C)c(F)c(c(F)c2F)SCC(C(=O)NCC(=O)C(C)C)NC(=O)C(CCCN=C(N)N)NC(=O)C(CCCN=C(N)N)NC(=O)C(CCCN=C(N)N)CC1=O. The number of guanidine groups is 3. The summed E-state index contributed by atoms with van der Waals surface area (Å²) in [5.41, 5.74) is 32.5.